The van der Waals surface area contributed by atoms with Crippen LogP contribution in [0.4, 0.5) is 0 Å². The molecule has 0 heterocycles. The van der Waals surface area contributed by atoms with Gasteiger partial charge in [0, 0.05) is 25.7 Å². The molecule has 81 heavy (non-hydrogen) atoms. The second-order valence-electron chi connectivity index (χ2n) is 23.4. The molecule has 3 N–H and O–H groups in total. The number of esters is 4. The van der Waals surface area contributed by atoms with Gasteiger partial charge in [-0.25, -0.2) is 9.13 Å². The van der Waals surface area contributed by atoms with E-state index in [1.54, 1.807) is 0 Å². The summed E-state index contributed by atoms with van der Waals surface area (Å²) in [6.07, 6.45) is 37.0. The normalized spacial score (nSPS) is 14.4. The van der Waals surface area contributed by atoms with Crippen molar-refractivity contribution in [1.82, 2.24) is 0 Å². The van der Waals surface area contributed by atoms with E-state index in [0.29, 0.717) is 25.7 Å². The van der Waals surface area contributed by atoms with E-state index in [1.165, 1.54) is 116 Å². The molecule has 0 fully saturated rings. The summed E-state index contributed by atoms with van der Waals surface area (Å²) in [4.78, 5) is 71.6. The van der Waals surface area contributed by atoms with Crippen molar-refractivity contribution in [3.05, 3.63) is 0 Å². The number of carbonyl (C=O) groups excluding carboxylic acids is 4. The average Bonchev–Trinajstić information content (AvgIpc) is 3.42. The largest absolute Gasteiger partial charge is 0.472 e. The fraction of sp³-hybridized carbons (Fsp3) is 0.935. The van der Waals surface area contributed by atoms with Gasteiger partial charge >= 0.3 is 39.5 Å². The van der Waals surface area contributed by atoms with Gasteiger partial charge in [0.05, 0.1) is 26.4 Å². The first-order valence-electron chi connectivity index (χ1n) is 32.5. The Hall–Kier alpha value is -1.94. The number of phosphoric ester groups is 2. The molecular formula is C62H120O17P2. The van der Waals surface area contributed by atoms with Gasteiger partial charge in [0.2, 0.25) is 0 Å². The first-order valence-corrected chi connectivity index (χ1v) is 35.5. The summed E-state index contributed by atoms with van der Waals surface area (Å²) in [7, 11) is -9.86. The monoisotopic (exact) mass is 1200 g/mol. The van der Waals surface area contributed by atoms with Crippen molar-refractivity contribution in [1.29, 1.82) is 0 Å². The van der Waals surface area contributed by atoms with Gasteiger partial charge in [-0.15, -0.1) is 0 Å². The molecule has 0 spiro atoms. The molecule has 0 saturated carbocycles. The highest BCUT2D eigenvalue weighted by molar-refractivity contribution is 7.47. The lowest BCUT2D eigenvalue weighted by atomic mass is 10.0. The second-order valence-corrected chi connectivity index (χ2v) is 26.3. The smallest absolute Gasteiger partial charge is 0.462 e. The Balaban J connectivity index is 5.11. The fourth-order valence-electron chi connectivity index (χ4n) is 9.18. The van der Waals surface area contributed by atoms with Gasteiger partial charge in [0.15, 0.2) is 12.2 Å². The van der Waals surface area contributed by atoms with Gasteiger partial charge in [-0.3, -0.25) is 37.3 Å². The maximum atomic E-state index is 13.0. The van der Waals surface area contributed by atoms with Crippen LogP contribution in [0.2, 0.25) is 0 Å². The molecule has 0 aromatic carbocycles. The number of aliphatic hydroxyl groups is 1. The predicted molar refractivity (Wildman–Crippen MR) is 321 cm³/mol. The minimum atomic E-state index is -4.94. The fourth-order valence-corrected chi connectivity index (χ4v) is 10.8. The molecule has 0 radical (unpaired) electrons. The summed E-state index contributed by atoms with van der Waals surface area (Å²) in [5.41, 5.74) is 0. The van der Waals surface area contributed by atoms with Crippen LogP contribution in [0.15, 0.2) is 0 Å². The third-order valence-corrected chi connectivity index (χ3v) is 16.1. The van der Waals surface area contributed by atoms with Gasteiger partial charge in [0.1, 0.15) is 19.3 Å². The predicted octanol–water partition coefficient (Wildman–Crippen LogP) is 16.9. The minimum absolute atomic E-state index is 0.0986. The standard InChI is InChI=1S/C62H120O17P2/c1-7-9-11-30-38-44-59(64)72-50-57(78-61(66)46-40-31-12-10-8-2)52-76-80(68,69)74-48-56(63)49-75-81(70,71)77-53-58(51-73-60(65)45-39-34-28-24-21-17-19-23-27-33-37-43-55(5)6)79-62(67)47-41-35-29-25-20-16-14-13-15-18-22-26-32-36-42-54(3)4/h54-58,63H,7-53H2,1-6H3,(H,68,69)(H,70,71)/t56-,57+,58+/m0/s1. The Morgan fingerprint density at radius 3 is 0.840 bits per heavy atom. The number of hydrogen-bond donors (Lipinski definition) is 3. The summed E-state index contributed by atoms with van der Waals surface area (Å²) in [5, 5.41) is 10.5. The number of aliphatic hydroxyl groups excluding tert-OH is 1. The van der Waals surface area contributed by atoms with Crippen LogP contribution in [0.1, 0.15) is 305 Å². The highest BCUT2D eigenvalue weighted by Crippen LogP contribution is 2.45. The van der Waals surface area contributed by atoms with Crippen LogP contribution >= 0.6 is 15.6 Å². The zero-order valence-corrected chi connectivity index (χ0v) is 53.9. The molecule has 480 valence electrons. The molecule has 19 heteroatoms. The number of hydrogen-bond acceptors (Lipinski definition) is 15. The highest BCUT2D eigenvalue weighted by atomic mass is 31.2. The van der Waals surface area contributed by atoms with Gasteiger partial charge in [0.25, 0.3) is 0 Å². The van der Waals surface area contributed by atoms with Crippen LogP contribution in [0.25, 0.3) is 0 Å². The Morgan fingerprint density at radius 2 is 0.568 bits per heavy atom. The Morgan fingerprint density at radius 1 is 0.333 bits per heavy atom. The molecule has 17 nitrogen and oxygen atoms in total. The van der Waals surface area contributed by atoms with E-state index in [-0.39, 0.29) is 25.7 Å². The van der Waals surface area contributed by atoms with Crippen molar-refractivity contribution >= 4 is 39.5 Å². The van der Waals surface area contributed by atoms with E-state index >= 15 is 0 Å². The van der Waals surface area contributed by atoms with Gasteiger partial charge in [-0.1, -0.05) is 253 Å². The molecule has 0 saturated heterocycles. The van der Waals surface area contributed by atoms with Crippen LogP contribution in [-0.4, -0.2) is 96.7 Å². The Kier molecular flexibility index (Phi) is 53.4. The molecular weight excluding hydrogens is 1080 g/mol. The molecule has 0 amide bonds. The lowest BCUT2D eigenvalue weighted by Crippen LogP contribution is -2.30. The zero-order valence-electron chi connectivity index (χ0n) is 52.1. The molecule has 5 atom stereocenters. The van der Waals surface area contributed by atoms with E-state index < -0.39 is 97.5 Å². The molecule has 0 aliphatic rings. The first kappa shape index (κ1) is 79.1. The van der Waals surface area contributed by atoms with E-state index in [0.717, 1.165) is 108 Å². The van der Waals surface area contributed by atoms with Crippen molar-refractivity contribution in [2.24, 2.45) is 11.8 Å². The van der Waals surface area contributed by atoms with Crippen molar-refractivity contribution < 1.29 is 80.2 Å². The first-order chi connectivity index (χ1) is 38.9. The van der Waals surface area contributed by atoms with Crippen LogP contribution in [0.5, 0.6) is 0 Å². The summed E-state index contributed by atoms with van der Waals surface area (Å²) in [5.74, 6) is -0.592. The molecule has 0 aliphatic heterocycles. The average molecular weight is 1200 g/mol. The van der Waals surface area contributed by atoms with Crippen LogP contribution in [0, 0.1) is 11.8 Å². The van der Waals surface area contributed by atoms with Crippen LogP contribution < -0.4 is 0 Å². The van der Waals surface area contributed by atoms with Crippen molar-refractivity contribution in [2.45, 2.75) is 323 Å². The molecule has 0 aromatic heterocycles. The van der Waals surface area contributed by atoms with Gasteiger partial charge in [-0.2, -0.15) is 0 Å². The highest BCUT2D eigenvalue weighted by Gasteiger charge is 2.30. The quantitative estimate of drug-likeness (QED) is 0.0222. The van der Waals surface area contributed by atoms with Crippen LogP contribution in [0.3, 0.4) is 0 Å². The molecule has 2 unspecified atom stereocenters. The van der Waals surface area contributed by atoms with Gasteiger partial charge < -0.3 is 33.8 Å². The summed E-state index contributed by atoms with van der Waals surface area (Å²) < 4.78 is 67.5. The van der Waals surface area contributed by atoms with E-state index in [9.17, 15) is 43.2 Å². The SMILES string of the molecule is CCCCCCCC(=O)OC[C@H](COP(=O)(O)OC[C@H](O)COP(=O)(O)OC[C@@H](COC(=O)CCCCCCCCCCCCCC(C)C)OC(=O)CCCCCCCCCCCCCCCCC(C)C)OC(=O)CCCCCCC. The van der Waals surface area contributed by atoms with Crippen LogP contribution in [-0.2, 0) is 65.4 Å². The number of ether oxygens (including phenoxy) is 4. The van der Waals surface area contributed by atoms with Crippen molar-refractivity contribution in [2.75, 3.05) is 39.6 Å². The maximum absolute atomic E-state index is 13.0. The van der Waals surface area contributed by atoms with Crippen molar-refractivity contribution in [3.63, 3.8) is 0 Å². The van der Waals surface area contributed by atoms with E-state index in [4.69, 9.17) is 37.0 Å². The summed E-state index contributed by atoms with van der Waals surface area (Å²) in [6, 6.07) is 0. The third-order valence-electron chi connectivity index (χ3n) is 14.2. The molecule has 0 rings (SSSR count). The summed E-state index contributed by atoms with van der Waals surface area (Å²) >= 11 is 0. The summed E-state index contributed by atoms with van der Waals surface area (Å²) in [6.45, 7) is 9.32. The van der Waals surface area contributed by atoms with E-state index in [2.05, 4.69) is 41.5 Å². The Bertz CT molecular complexity index is 1600. The second kappa shape index (κ2) is 54.7. The molecule has 0 bridgehead atoms. The lowest BCUT2D eigenvalue weighted by Gasteiger charge is -2.21. The van der Waals surface area contributed by atoms with Gasteiger partial charge in [-0.05, 0) is 37.5 Å². The van der Waals surface area contributed by atoms with E-state index in [1.807, 2.05) is 0 Å². The Labute approximate surface area is 492 Å². The molecule has 0 aliphatic carbocycles. The van der Waals surface area contributed by atoms with Crippen molar-refractivity contribution in [3.8, 4) is 0 Å². The number of rotatable bonds is 61. The number of carbonyl (C=O) groups is 4. The third kappa shape index (κ3) is 56.9. The molecule has 0 aromatic rings. The zero-order chi connectivity index (χ0) is 60.1. The topological polar surface area (TPSA) is 237 Å². The number of phosphoric acid groups is 2. The minimum Gasteiger partial charge on any atom is -0.462 e. The maximum Gasteiger partial charge on any atom is 0.472 e. The number of unbranched alkanes of at least 4 members (excludes halogenated alkanes) is 31. The lowest BCUT2D eigenvalue weighted by molar-refractivity contribution is -0.161.